The van der Waals surface area contributed by atoms with Crippen LogP contribution in [0.1, 0.15) is 48.2 Å². The molecule has 3 aromatic heterocycles. The molecular weight excluding hydrogens is 421 g/mol. The predicted molar refractivity (Wildman–Crippen MR) is 131 cm³/mol. The van der Waals surface area contributed by atoms with Crippen LogP contribution in [0.15, 0.2) is 49.6 Å². The number of allylic oxidation sites excluding steroid dienone is 2. The van der Waals surface area contributed by atoms with Gasteiger partial charge in [-0.05, 0) is 81.7 Å². The van der Waals surface area contributed by atoms with Crippen molar-refractivity contribution in [3.05, 3.63) is 77.9 Å². The van der Waals surface area contributed by atoms with E-state index in [2.05, 4.69) is 13.2 Å². The lowest BCUT2D eigenvalue weighted by atomic mass is 9.85. The average Bonchev–Trinajstić information content (AvgIpc) is 3.25. The number of aliphatic hydroxyl groups is 1. The van der Waals surface area contributed by atoms with Crippen molar-refractivity contribution < 1.29 is 9.50 Å². The fourth-order valence-electron chi connectivity index (χ4n) is 4.35. The van der Waals surface area contributed by atoms with Crippen molar-refractivity contribution >= 4 is 27.1 Å². The minimum Gasteiger partial charge on any atom is -0.385 e. The van der Waals surface area contributed by atoms with Crippen LogP contribution in [-0.4, -0.2) is 19.7 Å². The Morgan fingerprint density at radius 1 is 1.12 bits per heavy atom. The summed E-state index contributed by atoms with van der Waals surface area (Å²) in [6.07, 6.45) is 6.12. The Balaban J connectivity index is 1.97. The molecule has 0 saturated carbocycles. The number of nitrogens with zero attached hydrogens (tertiary/aromatic N) is 3. The molecule has 6 heteroatoms. The highest BCUT2D eigenvalue weighted by molar-refractivity contribution is 7.22. The molecule has 1 aromatic carbocycles. The fourth-order valence-corrected chi connectivity index (χ4v) is 5.62. The van der Waals surface area contributed by atoms with Gasteiger partial charge in [0.25, 0.3) is 0 Å². The summed E-state index contributed by atoms with van der Waals surface area (Å²) in [5, 5.41) is 17.4. The Hall–Kier alpha value is -2.83. The second-order valence-electron chi connectivity index (χ2n) is 8.36. The van der Waals surface area contributed by atoms with E-state index in [0.717, 1.165) is 43.2 Å². The Morgan fingerprint density at radius 2 is 1.81 bits per heavy atom. The second-order valence-corrected chi connectivity index (χ2v) is 9.42. The smallest absolute Gasteiger partial charge is 0.160 e. The van der Waals surface area contributed by atoms with Gasteiger partial charge in [0.05, 0.1) is 21.9 Å². The van der Waals surface area contributed by atoms with Crippen molar-refractivity contribution in [1.82, 2.24) is 14.6 Å². The molecule has 0 bridgehead atoms. The zero-order valence-corrected chi connectivity index (χ0v) is 19.6. The Labute approximate surface area is 191 Å². The number of aryl methyl sites for hydroxylation is 3. The van der Waals surface area contributed by atoms with Gasteiger partial charge in [-0.2, -0.15) is 5.10 Å². The number of benzene rings is 1. The Morgan fingerprint density at radius 3 is 2.47 bits per heavy atom. The largest absolute Gasteiger partial charge is 0.385 e. The number of rotatable bonds is 8. The molecule has 4 rings (SSSR count). The van der Waals surface area contributed by atoms with Crippen LogP contribution in [0.25, 0.3) is 26.3 Å². The number of imidazole rings is 1. The summed E-state index contributed by atoms with van der Waals surface area (Å²) in [6, 6.07) is 6.82. The van der Waals surface area contributed by atoms with E-state index in [1.807, 2.05) is 49.6 Å². The molecule has 0 spiro atoms. The quantitative estimate of drug-likeness (QED) is 0.301. The van der Waals surface area contributed by atoms with Crippen molar-refractivity contribution in [2.24, 2.45) is 0 Å². The van der Waals surface area contributed by atoms with Crippen LogP contribution in [0.3, 0.4) is 0 Å². The first kappa shape index (κ1) is 22.4. The summed E-state index contributed by atoms with van der Waals surface area (Å²) in [5.41, 5.74) is 3.88. The minimum absolute atomic E-state index is 0.245. The van der Waals surface area contributed by atoms with Crippen LogP contribution in [0.4, 0.5) is 4.39 Å². The van der Waals surface area contributed by atoms with Crippen LogP contribution >= 0.6 is 11.3 Å². The first-order chi connectivity index (χ1) is 15.3. The first-order valence-electron chi connectivity index (χ1n) is 10.8. The maximum atomic E-state index is 13.9. The maximum Gasteiger partial charge on any atom is 0.160 e. The van der Waals surface area contributed by atoms with Gasteiger partial charge in [0.1, 0.15) is 11.5 Å². The zero-order chi connectivity index (χ0) is 23.0. The van der Waals surface area contributed by atoms with Gasteiger partial charge in [0.2, 0.25) is 0 Å². The van der Waals surface area contributed by atoms with Crippen molar-refractivity contribution in [1.29, 1.82) is 0 Å². The van der Waals surface area contributed by atoms with E-state index in [1.165, 1.54) is 6.07 Å². The summed E-state index contributed by atoms with van der Waals surface area (Å²) in [4.78, 5) is 5.88. The maximum absolute atomic E-state index is 13.9. The molecule has 166 valence electrons. The van der Waals surface area contributed by atoms with Crippen molar-refractivity contribution in [2.45, 2.75) is 52.1 Å². The van der Waals surface area contributed by atoms with Crippen LogP contribution in [-0.2, 0) is 5.60 Å². The third kappa shape index (κ3) is 3.78. The molecular formula is C26H28FN3OS. The van der Waals surface area contributed by atoms with E-state index in [-0.39, 0.29) is 5.82 Å². The van der Waals surface area contributed by atoms with E-state index >= 15 is 0 Å². The van der Waals surface area contributed by atoms with Gasteiger partial charge in [0.15, 0.2) is 5.65 Å². The summed E-state index contributed by atoms with van der Waals surface area (Å²) in [7, 11) is 0. The Kier molecular flexibility index (Phi) is 6.01. The molecule has 0 aliphatic heterocycles. The lowest BCUT2D eigenvalue weighted by molar-refractivity contribution is 0.0211. The van der Waals surface area contributed by atoms with Crippen molar-refractivity contribution in [2.75, 3.05) is 0 Å². The summed E-state index contributed by atoms with van der Waals surface area (Å²) in [5.74, 6) is -0.245. The lowest BCUT2D eigenvalue weighted by Crippen LogP contribution is -2.27. The first-order valence-corrected chi connectivity index (χ1v) is 11.6. The van der Waals surface area contributed by atoms with Gasteiger partial charge in [-0.3, -0.25) is 0 Å². The summed E-state index contributed by atoms with van der Waals surface area (Å²) >= 11 is 1.61. The van der Waals surface area contributed by atoms with Gasteiger partial charge in [-0.15, -0.1) is 24.5 Å². The van der Waals surface area contributed by atoms with Gasteiger partial charge in [-0.25, -0.2) is 13.9 Å². The predicted octanol–water partition coefficient (Wildman–Crippen LogP) is 6.80. The molecule has 0 amide bonds. The van der Waals surface area contributed by atoms with E-state index < -0.39 is 5.60 Å². The molecule has 0 unspecified atom stereocenters. The van der Waals surface area contributed by atoms with Crippen LogP contribution in [0.2, 0.25) is 0 Å². The molecule has 4 nitrogen and oxygen atoms in total. The SMILES string of the molecule is C=CCCC(O)(CCC=C)c1cc(C)nn2c(-c3sc4ccc(F)cc4c3C)c(C)nc12. The molecule has 0 fully saturated rings. The molecule has 0 saturated heterocycles. The molecule has 3 heterocycles. The van der Waals surface area contributed by atoms with Crippen molar-refractivity contribution in [3.63, 3.8) is 0 Å². The summed E-state index contributed by atoms with van der Waals surface area (Å²) < 4.78 is 16.7. The lowest BCUT2D eigenvalue weighted by Gasteiger charge is -2.28. The number of fused-ring (bicyclic) bond motifs is 2. The van der Waals surface area contributed by atoms with Gasteiger partial charge in [0, 0.05) is 10.3 Å². The highest BCUT2D eigenvalue weighted by atomic mass is 32.1. The number of hydrogen-bond acceptors (Lipinski definition) is 4. The van der Waals surface area contributed by atoms with Gasteiger partial charge >= 0.3 is 0 Å². The number of aromatic nitrogens is 3. The summed E-state index contributed by atoms with van der Waals surface area (Å²) in [6.45, 7) is 13.5. The number of halogens is 1. The van der Waals surface area contributed by atoms with E-state index in [0.29, 0.717) is 31.3 Å². The topological polar surface area (TPSA) is 50.4 Å². The molecule has 0 aliphatic rings. The fraction of sp³-hybridized carbons (Fsp3) is 0.308. The number of hydrogen-bond donors (Lipinski definition) is 1. The Bertz CT molecular complexity index is 1320. The molecule has 0 aliphatic carbocycles. The molecule has 0 radical (unpaired) electrons. The van der Waals surface area contributed by atoms with Crippen LogP contribution in [0, 0.1) is 26.6 Å². The molecule has 0 atom stereocenters. The standard InChI is InChI=1S/C26H28FN3OS/c1-6-8-12-26(31,13-9-7-2)21-14-16(3)29-30-23(18(5)28-25(21)30)24-17(4)20-15-19(27)10-11-22(20)32-24/h6-7,10-11,14-15,31H,1-2,8-9,12-13H2,3-5H3. The van der Waals surface area contributed by atoms with Crippen molar-refractivity contribution in [3.8, 4) is 10.6 Å². The average molecular weight is 450 g/mol. The van der Waals surface area contributed by atoms with E-state index in [4.69, 9.17) is 10.1 Å². The van der Waals surface area contributed by atoms with Gasteiger partial charge < -0.3 is 5.11 Å². The third-order valence-corrected chi connectivity index (χ3v) is 7.30. The molecule has 1 N–H and O–H groups in total. The van der Waals surface area contributed by atoms with E-state index in [1.54, 1.807) is 17.4 Å². The minimum atomic E-state index is -1.06. The number of thiophene rings is 1. The van der Waals surface area contributed by atoms with E-state index in [9.17, 15) is 9.50 Å². The van der Waals surface area contributed by atoms with Gasteiger partial charge in [-0.1, -0.05) is 12.2 Å². The second kappa shape index (κ2) is 8.60. The monoisotopic (exact) mass is 449 g/mol. The molecule has 4 aromatic rings. The normalized spacial score (nSPS) is 12.0. The van der Waals surface area contributed by atoms with Crippen LogP contribution in [0.5, 0.6) is 0 Å². The zero-order valence-electron chi connectivity index (χ0n) is 18.8. The third-order valence-electron chi connectivity index (χ3n) is 6.02. The molecule has 32 heavy (non-hydrogen) atoms. The van der Waals surface area contributed by atoms with Crippen LogP contribution < -0.4 is 0 Å². The highest BCUT2D eigenvalue weighted by Crippen LogP contribution is 2.41. The highest BCUT2D eigenvalue weighted by Gasteiger charge is 2.33.